The van der Waals surface area contributed by atoms with E-state index in [1.54, 1.807) is 4.90 Å². The Morgan fingerprint density at radius 1 is 1.25 bits per heavy atom. The smallest absolute Gasteiger partial charge is 0.407 e. The molecule has 0 radical (unpaired) electrons. The third kappa shape index (κ3) is 6.54. The number of nitrogens with zero attached hydrogens (tertiary/aromatic N) is 1. The van der Waals surface area contributed by atoms with Gasteiger partial charge in [-0.25, -0.2) is 4.79 Å². The Balaban J connectivity index is 2.01. The second kappa shape index (κ2) is 7.26. The van der Waals surface area contributed by atoms with E-state index < -0.39 is 11.7 Å². The largest absolute Gasteiger partial charge is 0.444 e. The molecule has 0 aromatic carbocycles. The highest BCUT2D eigenvalue weighted by Gasteiger charge is 2.26. The number of hydrogen-bond acceptors (Lipinski definition) is 4. The van der Waals surface area contributed by atoms with Crippen LogP contribution in [0.4, 0.5) is 4.79 Å². The molecule has 0 saturated carbocycles. The van der Waals surface area contributed by atoms with Gasteiger partial charge in [-0.1, -0.05) is 0 Å². The van der Waals surface area contributed by atoms with Gasteiger partial charge in [-0.05, 0) is 40.0 Å². The van der Waals surface area contributed by atoms with E-state index in [1.165, 1.54) is 0 Å². The van der Waals surface area contributed by atoms with Crippen molar-refractivity contribution < 1.29 is 19.1 Å². The van der Waals surface area contributed by atoms with E-state index in [-0.39, 0.29) is 24.7 Å². The van der Waals surface area contributed by atoms with E-state index in [0.29, 0.717) is 13.1 Å². The number of unbranched alkanes of at least 4 members (excludes halogenated alkanes) is 2. The summed E-state index contributed by atoms with van der Waals surface area (Å²) in [7, 11) is 0. The molecule has 6 nitrogen and oxygen atoms in total. The van der Waals surface area contributed by atoms with E-state index in [2.05, 4.69) is 5.32 Å². The van der Waals surface area contributed by atoms with Crippen LogP contribution >= 0.6 is 0 Å². The zero-order valence-corrected chi connectivity index (χ0v) is 12.5. The summed E-state index contributed by atoms with van der Waals surface area (Å²) in [5.74, 6) is -0.0662. The quantitative estimate of drug-likeness (QED) is 0.592. The molecule has 6 heteroatoms. The van der Waals surface area contributed by atoms with Crippen LogP contribution in [-0.4, -0.2) is 47.9 Å². The summed E-state index contributed by atoms with van der Waals surface area (Å²) in [4.78, 5) is 35.4. The Morgan fingerprint density at radius 2 is 1.95 bits per heavy atom. The van der Waals surface area contributed by atoms with E-state index in [1.807, 2.05) is 20.8 Å². The van der Waals surface area contributed by atoms with Gasteiger partial charge >= 0.3 is 6.09 Å². The fraction of sp³-hybridized carbons (Fsp3) is 0.786. The number of nitrogens with one attached hydrogen (secondary N) is 1. The standard InChI is InChI=1S/C14H24N2O4/c1-14(2,3)20-13(19)15-7-5-4-6-8-16-10-11(17)9-12(16)18/h4-10H2,1-3H3,(H,15,19). The highest BCUT2D eigenvalue weighted by Crippen LogP contribution is 2.09. The number of ketones is 1. The number of likely N-dealkylation sites (tertiary alicyclic amines) is 1. The van der Waals surface area contributed by atoms with Crippen molar-refractivity contribution in [2.24, 2.45) is 0 Å². The lowest BCUT2D eigenvalue weighted by atomic mass is 10.2. The average Bonchev–Trinajstić information content (AvgIpc) is 2.60. The van der Waals surface area contributed by atoms with Gasteiger partial charge in [0.05, 0.1) is 13.0 Å². The monoisotopic (exact) mass is 284 g/mol. The molecular weight excluding hydrogens is 260 g/mol. The molecule has 1 N–H and O–H groups in total. The molecule has 0 unspecified atom stereocenters. The first-order valence-electron chi connectivity index (χ1n) is 7.04. The number of alkyl carbamates (subject to hydrolysis) is 1. The van der Waals surface area contributed by atoms with Crippen LogP contribution in [0.25, 0.3) is 0 Å². The molecule has 20 heavy (non-hydrogen) atoms. The molecule has 0 aliphatic carbocycles. The van der Waals surface area contributed by atoms with E-state index >= 15 is 0 Å². The molecule has 0 spiro atoms. The van der Waals surface area contributed by atoms with Gasteiger partial charge in [-0.2, -0.15) is 0 Å². The first-order chi connectivity index (χ1) is 9.28. The molecule has 0 aromatic rings. The van der Waals surface area contributed by atoms with Gasteiger partial charge in [0.1, 0.15) is 5.60 Å². The van der Waals surface area contributed by atoms with Crippen LogP contribution < -0.4 is 5.32 Å². The number of carbonyl (C=O) groups is 3. The Kier molecular flexibility index (Phi) is 5.98. The highest BCUT2D eigenvalue weighted by atomic mass is 16.6. The van der Waals surface area contributed by atoms with Crippen molar-refractivity contribution in [1.29, 1.82) is 0 Å². The van der Waals surface area contributed by atoms with E-state index in [0.717, 1.165) is 19.3 Å². The Hall–Kier alpha value is -1.59. The fourth-order valence-electron chi connectivity index (χ4n) is 1.95. The van der Waals surface area contributed by atoms with Gasteiger partial charge in [0.15, 0.2) is 5.78 Å². The summed E-state index contributed by atoms with van der Waals surface area (Å²) < 4.78 is 5.11. The molecule has 1 aliphatic heterocycles. The predicted molar refractivity (Wildman–Crippen MR) is 74.3 cm³/mol. The summed E-state index contributed by atoms with van der Waals surface area (Å²) in [6.45, 7) is 6.90. The molecule has 0 aromatic heterocycles. The van der Waals surface area contributed by atoms with Crippen molar-refractivity contribution in [3.8, 4) is 0 Å². The minimum absolute atomic E-state index is 0.00147. The van der Waals surface area contributed by atoms with Crippen molar-refractivity contribution in [2.75, 3.05) is 19.6 Å². The van der Waals surface area contributed by atoms with Crippen molar-refractivity contribution in [2.45, 2.75) is 52.1 Å². The number of hydrogen-bond donors (Lipinski definition) is 1. The van der Waals surface area contributed by atoms with E-state index in [4.69, 9.17) is 4.74 Å². The van der Waals surface area contributed by atoms with Crippen molar-refractivity contribution >= 4 is 17.8 Å². The molecular formula is C14H24N2O4. The van der Waals surface area contributed by atoms with Crippen LogP contribution in [0.5, 0.6) is 0 Å². The SMILES string of the molecule is CC(C)(C)OC(=O)NCCCCCN1CC(=O)CC1=O. The topological polar surface area (TPSA) is 75.7 Å². The van der Waals surface area contributed by atoms with Crippen LogP contribution in [-0.2, 0) is 14.3 Å². The van der Waals surface area contributed by atoms with Gasteiger partial charge in [0, 0.05) is 13.1 Å². The normalized spacial score (nSPS) is 15.7. The summed E-state index contributed by atoms with van der Waals surface area (Å²) in [5, 5.41) is 2.69. The zero-order valence-electron chi connectivity index (χ0n) is 12.5. The molecule has 0 bridgehead atoms. The second-order valence-corrected chi connectivity index (χ2v) is 6.02. The maximum absolute atomic E-state index is 11.4. The summed E-state index contributed by atoms with van der Waals surface area (Å²) in [5.41, 5.74) is -0.479. The average molecular weight is 284 g/mol. The third-order valence-electron chi connectivity index (χ3n) is 2.84. The molecule has 1 rings (SSSR count). The lowest BCUT2D eigenvalue weighted by Crippen LogP contribution is -2.33. The highest BCUT2D eigenvalue weighted by molar-refractivity contribution is 6.05. The zero-order chi connectivity index (χ0) is 15.2. The van der Waals surface area contributed by atoms with Gasteiger partial charge in [0.25, 0.3) is 0 Å². The molecule has 1 heterocycles. The van der Waals surface area contributed by atoms with Gasteiger partial charge in [-0.3, -0.25) is 9.59 Å². The molecule has 2 amide bonds. The van der Waals surface area contributed by atoms with Gasteiger partial charge in [0.2, 0.25) is 5.91 Å². The Morgan fingerprint density at radius 3 is 2.50 bits per heavy atom. The lowest BCUT2D eigenvalue weighted by Gasteiger charge is -2.19. The minimum atomic E-state index is -0.479. The number of carbonyl (C=O) groups excluding carboxylic acids is 3. The number of Topliss-reactive ketones (excluding diaryl/α,β-unsaturated/α-hetero) is 1. The first kappa shape index (κ1) is 16.5. The number of amides is 2. The van der Waals surface area contributed by atoms with Crippen LogP contribution in [0.1, 0.15) is 46.5 Å². The van der Waals surface area contributed by atoms with Crippen molar-refractivity contribution in [3.05, 3.63) is 0 Å². The van der Waals surface area contributed by atoms with Crippen molar-refractivity contribution in [1.82, 2.24) is 10.2 Å². The Labute approximate surface area is 119 Å². The fourth-order valence-corrected chi connectivity index (χ4v) is 1.95. The van der Waals surface area contributed by atoms with Gasteiger partial charge in [-0.15, -0.1) is 0 Å². The molecule has 1 aliphatic rings. The van der Waals surface area contributed by atoms with Crippen LogP contribution in [0, 0.1) is 0 Å². The number of rotatable bonds is 6. The van der Waals surface area contributed by atoms with Crippen LogP contribution in [0.3, 0.4) is 0 Å². The molecule has 1 saturated heterocycles. The second-order valence-electron chi connectivity index (χ2n) is 6.02. The van der Waals surface area contributed by atoms with Crippen LogP contribution in [0.15, 0.2) is 0 Å². The molecule has 1 fully saturated rings. The Bertz CT molecular complexity index is 374. The molecule has 114 valence electrons. The summed E-state index contributed by atoms with van der Waals surface area (Å²) >= 11 is 0. The van der Waals surface area contributed by atoms with Crippen LogP contribution in [0.2, 0.25) is 0 Å². The minimum Gasteiger partial charge on any atom is -0.444 e. The molecule has 0 atom stereocenters. The number of ether oxygens (including phenoxy) is 1. The van der Waals surface area contributed by atoms with Crippen molar-refractivity contribution in [3.63, 3.8) is 0 Å². The predicted octanol–water partition coefficient (Wildman–Crippen LogP) is 1.48. The first-order valence-corrected chi connectivity index (χ1v) is 7.04. The third-order valence-corrected chi connectivity index (χ3v) is 2.84. The van der Waals surface area contributed by atoms with E-state index in [9.17, 15) is 14.4 Å². The van der Waals surface area contributed by atoms with Gasteiger partial charge < -0.3 is 15.0 Å². The maximum Gasteiger partial charge on any atom is 0.407 e. The summed E-state index contributed by atoms with van der Waals surface area (Å²) in [6, 6.07) is 0. The lowest BCUT2D eigenvalue weighted by molar-refractivity contribution is -0.127. The summed E-state index contributed by atoms with van der Waals surface area (Å²) in [6.07, 6.45) is 2.22. The maximum atomic E-state index is 11.4.